The lowest BCUT2D eigenvalue weighted by molar-refractivity contribution is 0.0588. The highest BCUT2D eigenvalue weighted by Crippen LogP contribution is 2.42. The Hall–Kier alpha value is -0.380. The van der Waals surface area contributed by atoms with Crippen molar-refractivity contribution >= 4 is 11.3 Å². The zero-order valence-corrected chi connectivity index (χ0v) is 11.8. The largest absolute Gasteiger partial charge is 0.377 e. The number of hydrogen-bond donors (Lipinski definition) is 1. The fourth-order valence-electron chi connectivity index (χ4n) is 2.89. The maximum atomic E-state index is 5.91. The second-order valence-electron chi connectivity index (χ2n) is 5.56. The standard InChI is InChI=1S/C15H23NOS/c1-2-5-13(4-1)17-10-9-16-15(12-7-8-12)14-6-3-11-18-14/h3,6,11-13,15-16H,1-2,4-5,7-10H2. The van der Waals surface area contributed by atoms with Crippen LogP contribution in [0.5, 0.6) is 0 Å². The van der Waals surface area contributed by atoms with Gasteiger partial charge in [0.2, 0.25) is 0 Å². The van der Waals surface area contributed by atoms with Crippen molar-refractivity contribution < 1.29 is 4.74 Å². The van der Waals surface area contributed by atoms with Gasteiger partial charge < -0.3 is 10.1 Å². The molecule has 1 aromatic heterocycles. The summed E-state index contributed by atoms with van der Waals surface area (Å²) in [5.74, 6) is 0.870. The third kappa shape index (κ3) is 3.34. The Morgan fingerprint density at radius 3 is 2.78 bits per heavy atom. The van der Waals surface area contributed by atoms with Gasteiger partial charge in [0.05, 0.1) is 12.7 Å². The summed E-state index contributed by atoms with van der Waals surface area (Å²) in [5.41, 5.74) is 0. The van der Waals surface area contributed by atoms with Gasteiger partial charge in [-0.05, 0) is 43.0 Å². The molecule has 18 heavy (non-hydrogen) atoms. The molecule has 1 N–H and O–H groups in total. The van der Waals surface area contributed by atoms with Crippen molar-refractivity contribution in [1.82, 2.24) is 5.32 Å². The smallest absolute Gasteiger partial charge is 0.0594 e. The van der Waals surface area contributed by atoms with Crippen LogP contribution < -0.4 is 5.32 Å². The molecule has 2 nitrogen and oxygen atoms in total. The van der Waals surface area contributed by atoms with Gasteiger partial charge in [-0.1, -0.05) is 18.9 Å². The predicted octanol–water partition coefficient (Wildman–Crippen LogP) is 3.75. The van der Waals surface area contributed by atoms with Gasteiger partial charge in [0.1, 0.15) is 0 Å². The summed E-state index contributed by atoms with van der Waals surface area (Å²) >= 11 is 1.88. The van der Waals surface area contributed by atoms with E-state index in [0.717, 1.165) is 19.1 Å². The van der Waals surface area contributed by atoms with Crippen molar-refractivity contribution in [2.45, 2.75) is 50.7 Å². The molecule has 2 saturated carbocycles. The van der Waals surface area contributed by atoms with Crippen LogP contribution in [0.15, 0.2) is 17.5 Å². The van der Waals surface area contributed by atoms with E-state index in [1.807, 2.05) is 11.3 Å². The molecule has 2 aliphatic carbocycles. The Labute approximate surface area is 114 Å². The van der Waals surface area contributed by atoms with Crippen LogP contribution in [0.1, 0.15) is 49.4 Å². The zero-order chi connectivity index (χ0) is 12.2. The Morgan fingerprint density at radius 1 is 1.28 bits per heavy atom. The molecule has 1 unspecified atom stereocenters. The molecule has 1 atom stereocenters. The average molecular weight is 265 g/mol. The molecule has 2 fully saturated rings. The molecule has 0 amide bonds. The minimum Gasteiger partial charge on any atom is -0.377 e. The lowest BCUT2D eigenvalue weighted by Crippen LogP contribution is -2.27. The lowest BCUT2D eigenvalue weighted by Gasteiger charge is -2.18. The van der Waals surface area contributed by atoms with E-state index < -0.39 is 0 Å². The molecule has 0 bridgehead atoms. The van der Waals surface area contributed by atoms with Gasteiger partial charge >= 0.3 is 0 Å². The van der Waals surface area contributed by atoms with Crippen LogP contribution in [0, 0.1) is 5.92 Å². The van der Waals surface area contributed by atoms with Crippen LogP contribution in [0.2, 0.25) is 0 Å². The van der Waals surface area contributed by atoms with Gasteiger partial charge in [0, 0.05) is 17.5 Å². The third-order valence-corrected chi connectivity index (χ3v) is 5.02. The Kier molecular flexibility index (Phi) is 4.34. The van der Waals surface area contributed by atoms with Crippen LogP contribution in [0.3, 0.4) is 0 Å². The van der Waals surface area contributed by atoms with Gasteiger partial charge in [0.15, 0.2) is 0 Å². The first-order chi connectivity index (χ1) is 8.93. The molecular formula is C15H23NOS. The van der Waals surface area contributed by atoms with Crippen molar-refractivity contribution in [2.75, 3.05) is 13.2 Å². The van der Waals surface area contributed by atoms with Crippen molar-refractivity contribution in [1.29, 1.82) is 0 Å². The monoisotopic (exact) mass is 265 g/mol. The predicted molar refractivity (Wildman–Crippen MR) is 76.0 cm³/mol. The van der Waals surface area contributed by atoms with Crippen molar-refractivity contribution in [2.24, 2.45) is 5.92 Å². The minimum absolute atomic E-state index is 0.549. The third-order valence-electron chi connectivity index (χ3n) is 4.07. The summed E-state index contributed by atoms with van der Waals surface area (Å²) in [7, 11) is 0. The summed E-state index contributed by atoms with van der Waals surface area (Å²) in [6.07, 6.45) is 8.59. The summed E-state index contributed by atoms with van der Waals surface area (Å²) < 4.78 is 5.91. The van der Waals surface area contributed by atoms with Gasteiger partial charge in [-0.2, -0.15) is 0 Å². The fourth-order valence-corrected chi connectivity index (χ4v) is 3.79. The number of ether oxygens (including phenoxy) is 1. The molecule has 2 aliphatic rings. The Balaban J connectivity index is 1.40. The lowest BCUT2D eigenvalue weighted by atomic mass is 10.1. The van der Waals surface area contributed by atoms with Gasteiger partial charge in [-0.3, -0.25) is 0 Å². The van der Waals surface area contributed by atoms with Gasteiger partial charge in [-0.25, -0.2) is 0 Å². The number of thiophene rings is 1. The summed E-state index contributed by atoms with van der Waals surface area (Å²) in [5, 5.41) is 5.88. The highest BCUT2D eigenvalue weighted by atomic mass is 32.1. The molecule has 3 heteroatoms. The first-order valence-corrected chi connectivity index (χ1v) is 8.20. The van der Waals surface area contributed by atoms with E-state index in [1.54, 1.807) is 0 Å². The van der Waals surface area contributed by atoms with E-state index in [9.17, 15) is 0 Å². The maximum Gasteiger partial charge on any atom is 0.0594 e. The molecule has 1 aromatic rings. The summed E-state index contributed by atoms with van der Waals surface area (Å²) in [6.45, 7) is 1.87. The number of nitrogens with one attached hydrogen (secondary N) is 1. The summed E-state index contributed by atoms with van der Waals surface area (Å²) in [6, 6.07) is 5.00. The fraction of sp³-hybridized carbons (Fsp3) is 0.733. The van der Waals surface area contributed by atoms with E-state index in [1.165, 1.54) is 43.4 Å². The molecule has 0 aliphatic heterocycles. The van der Waals surface area contributed by atoms with Crippen molar-refractivity contribution in [3.63, 3.8) is 0 Å². The number of rotatable bonds is 7. The molecule has 0 saturated heterocycles. The summed E-state index contributed by atoms with van der Waals surface area (Å²) in [4.78, 5) is 1.50. The van der Waals surface area contributed by atoms with E-state index in [-0.39, 0.29) is 0 Å². The zero-order valence-electron chi connectivity index (χ0n) is 10.9. The molecule has 100 valence electrons. The highest BCUT2D eigenvalue weighted by Gasteiger charge is 2.32. The Morgan fingerprint density at radius 2 is 2.11 bits per heavy atom. The van der Waals surface area contributed by atoms with E-state index in [0.29, 0.717) is 12.1 Å². The molecule has 0 radical (unpaired) electrons. The number of hydrogen-bond acceptors (Lipinski definition) is 3. The molecule has 0 spiro atoms. The quantitative estimate of drug-likeness (QED) is 0.758. The minimum atomic E-state index is 0.549. The second kappa shape index (κ2) is 6.18. The molecular weight excluding hydrogens is 242 g/mol. The van der Waals surface area contributed by atoms with Crippen LogP contribution in [0.25, 0.3) is 0 Å². The first-order valence-electron chi connectivity index (χ1n) is 7.32. The molecule has 1 heterocycles. The van der Waals surface area contributed by atoms with E-state index >= 15 is 0 Å². The van der Waals surface area contributed by atoms with Crippen molar-refractivity contribution in [3.05, 3.63) is 22.4 Å². The second-order valence-corrected chi connectivity index (χ2v) is 6.54. The maximum absolute atomic E-state index is 5.91. The van der Waals surface area contributed by atoms with E-state index in [4.69, 9.17) is 4.74 Å². The normalized spacial score (nSPS) is 22.4. The SMILES string of the molecule is c1csc(C(NCCOC2CCCC2)C2CC2)c1. The van der Waals surface area contributed by atoms with E-state index in [2.05, 4.69) is 22.8 Å². The average Bonchev–Trinajstić information content (AvgIpc) is 2.89. The van der Waals surface area contributed by atoms with Crippen LogP contribution in [-0.2, 0) is 4.74 Å². The topological polar surface area (TPSA) is 21.3 Å². The Bertz CT molecular complexity index is 341. The van der Waals surface area contributed by atoms with Crippen molar-refractivity contribution in [3.8, 4) is 0 Å². The highest BCUT2D eigenvalue weighted by molar-refractivity contribution is 7.10. The van der Waals surface area contributed by atoms with Gasteiger partial charge in [0.25, 0.3) is 0 Å². The van der Waals surface area contributed by atoms with Crippen LogP contribution in [-0.4, -0.2) is 19.3 Å². The first kappa shape index (κ1) is 12.6. The van der Waals surface area contributed by atoms with Gasteiger partial charge in [-0.15, -0.1) is 11.3 Å². The molecule has 3 rings (SSSR count). The van der Waals surface area contributed by atoms with Crippen LogP contribution >= 0.6 is 11.3 Å². The van der Waals surface area contributed by atoms with Crippen LogP contribution in [0.4, 0.5) is 0 Å². The molecule has 0 aromatic carbocycles.